The van der Waals surface area contributed by atoms with Crippen molar-refractivity contribution in [1.29, 1.82) is 0 Å². The van der Waals surface area contributed by atoms with E-state index in [-0.39, 0.29) is 29.4 Å². The van der Waals surface area contributed by atoms with Crippen LogP contribution in [0.15, 0.2) is 29.3 Å². The molecule has 0 unspecified atom stereocenters. The maximum Gasteiger partial charge on any atom is 0.191 e. The summed E-state index contributed by atoms with van der Waals surface area (Å²) in [6, 6.07) is 8.04. The lowest BCUT2D eigenvalue weighted by Crippen LogP contribution is -2.46. The summed E-state index contributed by atoms with van der Waals surface area (Å²) in [7, 11) is 1.80. The Bertz CT molecular complexity index is 548. The Labute approximate surface area is 173 Å². The third-order valence-electron chi connectivity index (χ3n) is 4.35. The molecule has 2 N–H and O–H groups in total. The summed E-state index contributed by atoms with van der Waals surface area (Å²) in [5.74, 6) is 0.832. The van der Waals surface area contributed by atoms with Crippen molar-refractivity contribution in [2.45, 2.75) is 19.3 Å². The van der Waals surface area contributed by atoms with Gasteiger partial charge in [0, 0.05) is 50.2 Å². The third kappa shape index (κ3) is 7.68. The molecular weight excluding hydrogens is 451 g/mol. The van der Waals surface area contributed by atoms with E-state index in [1.54, 1.807) is 7.05 Å². The predicted octanol–water partition coefficient (Wildman–Crippen LogP) is 2.73. The van der Waals surface area contributed by atoms with Crippen LogP contribution in [0.3, 0.4) is 0 Å². The van der Waals surface area contributed by atoms with Crippen LogP contribution in [-0.2, 0) is 10.2 Å². The zero-order chi connectivity index (χ0) is 17.4. The molecule has 0 aliphatic carbocycles. The molecule has 0 saturated carbocycles. The summed E-state index contributed by atoms with van der Waals surface area (Å²) in [5, 5.41) is 7.57. The van der Waals surface area contributed by atoms with E-state index in [1.165, 1.54) is 5.56 Å². The van der Waals surface area contributed by atoms with Gasteiger partial charge in [-0.3, -0.25) is 9.89 Å². The van der Waals surface area contributed by atoms with Gasteiger partial charge in [0.15, 0.2) is 5.96 Å². The molecule has 5 nitrogen and oxygen atoms in total. The number of hydrogen-bond donors (Lipinski definition) is 2. The minimum atomic E-state index is -0.0350. The van der Waals surface area contributed by atoms with Crippen LogP contribution in [0.5, 0.6) is 0 Å². The minimum absolute atomic E-state index is 0. The van der Waals surface area contributed by atoms with Crippen LogP contribution in [0.25, 0.3) is 0 Å². The van der Waals surface area contributed by atoms with Crippen molar-refractivity contribution in [3.8, 4) is 0 Å². The molecule has 0 spiro atoms. The molecule has 0 bridgehead atoms. The van der Waals surface area contributed by atoms with Gasteiger partial charge in [-0.2, -0.15) is 0 Å². The number of hydrogen-bond acceptors (Lipinski definition) is 3. The number of ether oxygens (including phenoxy) is 1. The van der Waals surface area contributed by atoms with Crippen LogP contribution in [0.4, 0.5) is 0 Å². The molecule has 1 heterocycles. The largest absolute Gasteiger partial charge is 0.379 e. The highest BCUT2D eigenvalue weighted by Gasteiger charge is 2.21. The third-order valence-corrected chi connectivity index (χ3v) is 4.59. The second-order valence-electron chi connectivity index (χ2n) is 6.70. The molecule has 0 atom stereocenters. The Morgan fingerprint density at radius 1 is 1.28 bits per heavy atom. The molecule has 0 amide bonds. The average molecular weight is 481 g/mol. The molecule has 25 heavy (non-hydrogen) atoms. The predicted molar refractivity (Wildman–Crippen MR) is 117 cm³/mol. The minimum Gasteiger partial charge on any atom is -0.379 e. The van der Waals surface area contributed by atoms with Crippen molar-refractivity contribution >= 4 is 41.5 Å². The summed E-state index contributed by atoms with van der Waals surface area (Å²) < 4.78 is 5.37. The van der Waals surface area contributed by atoms with Gasteiger partial charge in [0.25, 0.3) is 0 Å². The number of halogens is 2. The van der Waals surface area contributed by atoms with Crippen molar-refractivity contribution in [2.24, 2.45) is 4.99 Å². The first-order valence-electron chi connectivity index (χ1n) is 8.52. The Morgan fingerprint density at radius 2 is 2.00 bits per heavy atom. The Balaban J connectivity index is 0.00000312. The molecule has 1 aromatic rings. The topological polar surface area (TPSA) is 48.9 Å². The van der Waals surface area contributed by atoms with Crippen LogP contribution in [0.2, 0.25) is 5.02 Å². The number of aliphatic imine (C=N–C) groups is 1. The highest BCUT2D eigenvalue weighted by molar-refractivity contribution is 14.0. The van der Waals surface area contributed by atoms with Crippen molar-refractivity contribution < 1.29 is 4.74 Å². The number of nitrogens with zero attached hydrogens (tertiary/aromatic N) is 2. The molecule has 1 aliphatic rings. The van der Waals surface area contributed by atoms with Gasteiger partial charge in [0.2, 0.25) is 0 Å². The highest BCUT2D eigenvalue weighted by Crippen LogP contribution is 2.24. The van der Waals surface area contributed by atoms with Crippen molar-refractivity contribution in [3.05, 3.63) is 34.9 Å². The van der Waals surface area contributed by atoms with Crippen molar-refractivity contribution in [3.63, 3.8) is 0 Å². The van der Waals surface area contributed by atoms with E-state index in [9.17, 15) is 0 Å². The zero-order valence-corrected chi connectivity index (χ0v) is 18.4. The van der Waals surface area contributed by atoms with Gasteiger partial charge in [-0.1, -0.05) is 37.6 Å². The van der Waals surface area contributed by atoms with Crippen LogP contribution < -0.4 is 10.6 Å². The van der Waals surface area contributed by atoms with Gasteiger partial charge in [-0.25, -0.2) is 0 Å². The number of guanidine groups is 1. The van der Waals surface area contributed by atoms with E-state index < -0.39 is 0 Å². The molecule has 0 aromatic heterocycles. The van der Waals surface area contributed by atoms with Gasteiger partial charge >= 0.3 is 0 Å². The Hall–Kier alpha value is -0.570. The Kier molecular flexibility index (Phi) is 10.1. The highest BCUT2D eigenvalue weighted by atomic mass is 127. The second-order valence-corrected chi connectivity index (χ2v) is 7.14. The quantitative estimate of drug-likeness (QED) is 0.373. The molecule has 1 aromatic carbocycles. The first kappa shape index (κ1) is 22.5. The molecular formula is C18H30ClIN4O. The molecule has 1 saturated heterocycles. The zero-order valence-electron chi connectivity index (χ0n) is 15.3. The number of benzene rings is 1. The van der Waals surface area contributed by atoms with Crippen LogP contribution in [0, 0.1) is 0 Å². The molecule has 2 rings (SSSR count). The first-order chi connectivity index (χ1) is 11.5. The number of rotatable bonds is 6. The second kappa shape index (κ2) is 11.2. The summed E-state index contributed by atoms with van der Waals surface area (Å²) in [6.07, 6.45) is 0. The molecule has 0 radical (unpaired) electrons. The molecule has 1 fully saturated rings. The van der Waals surface area contributed by atoms with Gasteiger partial charge in [-0.15, -0.1) is 24.0 Å². The summed E-state index contributed by atoms with van der Waals surface area (Å²) in [4.78, 5) is 6.71. The lowest BCUT2D eigenvalue weighted by Gasteiger charge is -2.28. The standard InChI is InChI=1S/C18H29ClN4O.HI/c1-18(2,15-5-4-6-16(19)13-15)14-22-17(20-3)21-7-8-23-9-11-24-12-10-23;/h4-6,13H,7-12,14H2,1-3H3,(H2,20,21,22);1H. The van der Waals surface area contributed by atoms with Gasteiger partial charge in [0.05, 0.1) is 13.2 Å². The molecule has 1 aliphatic heterocycles. The van der Waals surface area contributed by atoms with E-state index >= 15 is 0 Å². The van der Waals surface area contributed by atoms with E-state index in [2.05, 4.69) is 40.4 Å². The Morgan fingerprint density at radius 3 is 2.64 bits per heavy atom. The lowest BCUT2D eigenvalue weighted by atomic mass is 9.84. The van der Waals surface area contributed by atoms with E-state index in [0.29, 0.717) is 0 Å². The lowest BCUT2D eigenvalue weighted by molar-refractivity contribution is 0.0389. The van der Waals surface area contributed by atoms with Crippen LogP contribution >= 0.6 is 35.6 Å². The maximum atomic E-state index is 6.11. The maximum absolute atomic E-state index is 6.11. The van der Waals surface area contributed by atoms with Gasteiger partial charge < -0.3 is 15.4 Å². The fourth-order valence-corrected chi connectivity index (χ4v) is 2.88. The van der Waals surface area contributed by atoms with Gasteiger partial charge in [0.1, 0.15) is 0 Å². The molecule has 7 heteroatoms. The van der Waals surface area contributed by atoms with E-state index in [4.69, 9.17) is 16.3 Å². The molecule has 142 valence electrons. The SMILES string of the molecule is CN=C(NCCN1CCOCC1)NCC(C)(C)c1cccc(Cl)c1.I. The monoisotopic (exact) mass is 480 g/mol. The smallest absolute Gasteiger partial charge is 0.191 e. The van der Waals surface area contributed by atoms with Gasteiger partial charge in [-0.05, 0) is 17.7 Å². The summed E-state index contributed by atoms with van der Waals surface area (Å²) in [5.41, 5.74) is 1.18. The fraction of sp³-hybridized carbons (Fsp3) is 0.611. The number of morpholine rings is 1. The normalized spacial score (nSPS) is 16.2. The fourth-order valence-electron chi connectivity index (χ4n) is 2.69. The average Bonchev–Trinajstić information content (AvgIpc) is 2.59. The van der Waals surface area contributed by atoms with E-state index in [0.717, 1.165) is 56.9 Å². The summed E-state index contributed by atoms with van der Waals surface area (Å²) >= 11 is 6.11. The van der Waals surface area contributed by atoms with Crippen molar-refractivity contribution in [2.75, 3.05) is 53.0 Å². The first-order valence-corrected chi connectivity index (χ1v) is 8.90. The van der Waals surface area contributed by atoms with Crippen molar-refractivity contribution in [1.82, 2.24) is 15.5 Å². The summed E-state index contributed by atoms with van der Waals surface area (Å²) in [6.45, 7) is 10.7. The van der Waals surface area contributed by atoms with Crippen LogP contribution in [-0.4, -0.2) is 63.8 Å². The van der Waals surface area contributed by atoms with E-state index in [1.807, 2.05) is 18.2 Å². The van der Waals surface area contributed by atoms with Crippen LogP contribution in [0.1, 0.15) is 19.4 Å². The number of nitrogens with one attached hydrogen (secondary N) is 2.